The fourth-order valence-electron chi connectivity index (χ4n) is 3.48. The summed E-state index contributed by atoms with van der Waals surface area (Å²) in [6, 6.07) is 9.62. The number of anilines is 1. The van der Waals surface area contributed by atoms with Crippen molar-refractivity contribution in [2.45, 2.75) is 44.9 Å². The minimum Gasteiger partial charge on any atom is -0.489 e. The van der Waals surface area contributed by atoms with Crippen molar-refractivity contribution in [2.24, 2.45) is 0 Å². The number of fused-ring (bicyclic) bond motifs is 1. The Hall–Kier alpha value is -2.38. The maximum Gasteiger partial charge on any atom is 0.224 e. The molecule has 3 heterocycles. The first kappa shape index (κ1) is 18.0. The molecule has 2 aliphatic rings. The van der Waals surface area contributed by atoms with Gasteiger partial charge in [0.25, 0.3) is 0 Å². The van der Waals surface area contributed by atoms with Crippen LogP contribution >= 0.6 is 0 Å². The molecule has 144 valence electrons. The van der Waals surface area contributed by atoms with Gasteiger partial charge >= 0.3 is 0 Å². The van der Waals surface area contributed by atoms with Crippen LogP contribution < -0.4 is 15.4 Å². The molecule has 1 amide bonds. The highest BCUT2D eigenvalue weighted by Crippen LogP contribution is 2.25. The number of carbonyl (C=O) groups excluding carboxylic acids is 1. The minimum atomic E-state index is -0.0349. The van der Waals surface area contributed by atoms with Crippen molar-refractivity contribution >= 4 is 11.6 Å². The predicted octanol–water partition coefficient (Wildman–Crippen LogP) is 2.12. The Morgan fingerprint density at radius 3 is 3.19 bits per heavy atom. The summed E-state index contributed by atoms with van der Waals surface area (Å²) in [6.45, 7) is 3.99. The van der Waals surface area contributed by atoms with Crippen molar-refractivity contribution in [1.29, 1.82) is 0 Å². The van der Waals surface area contributed by atoms with Gasteiger partial charge in [0.15, 0.2) is 0 Å². The first-order valence-corrected chi connectivity index (χ1v) is 9.67. The highest BCUT2D eigenvalue weighted by atomic mass is 16.5. The number of aromatic nitrogens is 2. The molecule has 1 aromatic heterocycles. The van der Waals surface area contributed by atoms with Crippen LogP contribution in [0.2, 0.25) is 0 Å². The summed E-state index contributed by atoms with van der Waals surface area (Å²) in [5.41, 5.74) is 2.85. The van der Waals surface area contributed by atoms with Gasteiger partial charge in [-0.3, -0.25) is 9.48 Å². The normalized spacial score (nSPS) is 18.9. The Morgan fingerprint density at radius 2 is 2.33 bits per heavy atom. The van der Waals surface area contributed by atoms with E-state index in [1.807, 2.05) is 28.9 Å². The maximum absolute atomic E-state index is 12.4. The fraction of sp³-hybridized carbons (Fsp3) is 0.500. The van der Waals surface area contributed by atoms with Gasteiger partial charge in [-0.15, -0.1) is 0 Å². The van der Waals surface area contributed by atoms with Gasteiger partial charge < -0.3 is 20.1 Å². The highest BCUT2D eigenvalue weighted by Gasteiger charge is 2.17. The van der Waals surface area contributed by atoms with E-state index in [4.69, 9.17) is 9.47 Å². The Bertz CT molecular complexity index is 760. The summed E-state index contributed by atoms with van der Waals surface area (Å²) in [7, 11) is 0. The van der Waals surface area contributed by atoms with E-state index in [-0.39, 0.29) is 12.0 Å². The number of carbonyl (C=O) groups is 1. The summed E-state index contributed by atoms with van der Waals surface area (Å²) in [4.78, 5) is 12.4. The zero-order valence-electron chi connectivity index (χ0n) is 15.4. The summed E-state index contributed by atoms with van der Waals surface area (Å²) in [5.74, 6) is 0.650. The number of amides is 1. The number of ether oxygens (including phenoxy) is 2. The van der Waals surface area contributed by atoms with Crippen LogP contribution in [0.15, 0.2) is 30.3 Å². The van der Waals surface area contributed by atoms with Gasteiger partial charge in [0.1, 0.15) is 12.4 Å². The molecular formula is C20H26N4O3. The summed E-state index contributed by atoms with van der Waals surface area (Å²) >= 11 is 0. The number of hydrogen-bond donors (Lipinski definition) is 2. The van der Waals surface area contributed by atoms with Crippen molar-refractivity contribution in [3.05, 3.63) is 41.7 Å². The number of para-hydroxylation sites is 2. The second kappa shape index (κ2) is 8.54. The summed E-state index contributed by atoms with van der Waals surface area (Å²) in [5, 5.41) is 10.9. The number of aryl methyl sites for hydroxylation is 1. The molecule has 7 nitrogen and oxygen atoms in total. The molecule has 0 bridgehead atoms. The number of hydrogen-bond acceptors (Lipinski definition) is 5. The van der Waals surface area contributed by atoms with Crippen LogP contribution in [0.25, 0.3) is 0 Å². The van der Waals surface area contributed by atoms with Crippen molar-refractivity contribution in [3.63, 3.8) is 0 Å². The molecule has 1 saturated heterocycles. The lowest BCUT2D eigenvalue weighted by Crippen LogP contribution is -2.28. The molecule has 2 N–H and O–H groups in total. The van der Waals surface area contributed by atoms with Gasteiger partial charge in [0, 0.05) is 32.5 Å². The third-order valence-electron chi connectivity index (χ3n) is 4.94. The van der Waals surface area contributed by atoms with Gasteiger partial charge in [-0.25, -0.2) is 0 Å². The zero-order valence-corrected chi connectivity index (χ0v) is 15.4. The summed E-state index contributed by atoms with van der Waals surface area (Å²) in [6.07, 6.45) is 3.28. The molecule has 7 heteroatoms. The lowest BCUT2D eigenvalue weighted by atomic mass is 10.2. The van der Waals surface area contributed by atoms with Crippen LogP contribution in [0.5, 0.6) is 5.75 Å². The molecule has 1 aromatic carbocycles. The smallest absolute Gasteiger partial charge is 0.224 e. The molecule has 0 unspecified atom stereocenters. The standard InChI is InChI=1S/C20H26N4O3/c25-20(8-7-15-12-16-13-21-9-10-24(16)23-15)22-18-5-1-2-6-19(18)27-14-17-4-3-11-26-17/h1-2,5-6,12,17,21H,3-4,7-11,13-14H2,(H,22,25)/t17-/m1/s1. The van der Waals surface area contributed by atoms with Gasteiger partial charge in [0.05, 0.1) is 29.7 Å². The topological polar surface area (TPSA) is 77.4 Å². The van der Waals surface area contributed by atoms with Crippen LogP contribution in [-0.2, 0) is 29.0 Å². The van der Waals surface area contributed by atoms with Crippen LogP contribution in [-0.4, -0.2) is 41.6 Å². The van der Waals surface area contributed by atoms with Crippen molar-refractivity contribution < 1.29 is 14.3 Å². The zero-order chi connectivity index (χ0) is 18.5. The van der Waals surface area contributed by atoms with Gasteiger partial charge in [0.2, 0.25) is 5.91 Å². The fourth-order valence-corrected chi connectivity index (χ4v) is 3.48. The van der Waals surface area contributed by atoms with E-state index < -0.39 is 0 Å². The molecule has 0 saturated carbocycles. The lowest BCUT2D eigenvalue weighted by Gasteiger charge is -2.15. The first-order valence-electron chi connectivity index (χ1n) is 9.67. The number of nitrogens with zero attached hydrogens (tertiary/aromatic N) is 2. The number of rotatable bonds is 7. The monoisotopic (exact) mass is 370 g/mol. The average Bonchev–Trinajstić information content (AvgIpc) is 3.35. The van der Waals surface area contributed by atoms with E-state index in [1.54, 1.807) is 0 Å². The molecule has 27 heavy (non-hydrogen) atoms. The van der Waals surface area contributed by atoms with Crippen LogP contribution in [0, 0.1) is 0 Å². The van der Waals surface area contributed by atoms with Crippen LogP contribution in [0.4, 0.5) is 5.69 Å². The maximum atomic E-state index is 12.4. The highest BCUT2D eigenvalue weighted by molar-refractivity contribution is 5.92. The molecule has 1 atom stereocenters. The SMILES string of the molecule is O=C(CCc1cc2n(n1)CCNC2)Nc1ccccc1OC[C@H]1CCCO1. The third-order valence-corrected chi connectivity index (χ3v) is 4.94. The Labute approximate surface area is 159 Å². The minimum absolute atomic E-state index is 0.0349. The Kier molecular flexibility index (Phi) is 5.69. The van der Waals surface area contributed by atoms with Crippen molar-refractivity contribution in [3.8, 4) is 5.75 Å². The summed E-state index contributed by atoms with van der Waals surface area (Å²) < 4.78 is 13.5. The van der Waals surface area contributed by atoms with Gasteiger partial charge in [-0.2, -0.15) is 5.10 Å². The second-order valence-electron chi connectivity index (χ2n) is 7.02. The van der Waals surface area contributed by atoms with Crippen LogP contribution in [0.3, 0.4) is 0 Å². The molecule has 4 rings (SSSR count). The lowest BCUT2D eigenvalue weighted by molar-refractivity contribution is -0.116. The second-order valence-corrected chi connectivity index (χ2v) is 7.02. The van der Waals surface area contributed by atoms with Crippen molar-refractivity contribution in [1.82, 2.24) is 15.1 Å². The quantitative estimate of drug-likeness (QED) is 0.781. The van der Waals surface area contributed by atoms with E-state index in [2.05, 4.69) is 21.8 Å². The van der Waals surface area contributed by atoms with E-state index in [1.165, 1.54) is 5.69 Å². The van der Waals surface area contributed by atoms with Gasteiger partial charge in [-0.1, -0.05) is 12.1 Å². The third kappa shape index (κ3) is 4.67. The number of benzene rings is 1. The van der Waals surface area contributed by atoms with E-state index >= 15 is 0 Å². The van der Waals surface area contributed by atoms with E-state index in [0.29, 0.717) is 30.9 Å². The first-order chi connectivity index (χ1) is 13.3. The largest absolute Gasteiger partial charge is 0.489 e. The molecular weight excluding hydrogens is 344 g/mol. The molecule has 0 spiro atoms. The molecule has 0 radical (unpaired) electrons. The molecule has 2 aliphatic heterocycles. The van der Waals surface area contributed by atoms with Crippen LogP contribution in [0.1, 0.15) is 30.7 Å². The predicted molar refractivity (Wildman–Crippen MR) is 102 cm³/mol. The van der Waals surface area contributed by atoms with E-state index in [0.717, 1.165) is 44.8 Å². The average molecular weight is 370 g/mol. The van der Waals surface area contributed by atoms with Crippen molar-refractivity contribution in [2.75, 3.05) is 25.1 Å². The molecule has 0 aliphatic carbocycles. The Morgan fingerprint density at radius 1 is 1.41 bits per heavy atom. The van der Waals surface area contributed by atoms with E-state index in [9.17, 15) is 4.79 Å². The molecule has 2 aromatic rings. The number of nitrogens with one attached hydrogen (secondary N) is 2. The van der Waals surface area contributed by atoms with Gasteiger partial charge in [-0.05, 0) is 31.0 Å². The molecule has 1 fully saturated rings. The Balaban J connectivity index is 1.30.